The van der Waals surface area contributed by atoms with Crippen molar-refractivity contribution in [3.8, 4) is 0 Å². The maximum atomic E-state index is 12.1. The Balaban J connectivity index is 1.83. The number of esters is 1. The monoisotopic (exact) mass is 363 g/mol. The number of ketones is 1. The second kappa shape index (κ2) is 8.64. The molecule has 1 fully saturated rings. The summed E-state index contributed by atoms with van der Waals surface area (Å²) in [6, 6.07) is -0.502. The second-order valence-electron chi connectivity index (χ2n) is 6.61. The first-order chi connectivity index (χ1) is 12.3. The number of urea groups is 1. The van der Waals surface area contributed by atoms with Crippen LogP contribution in [0.25, 0.3) is 0 Å². The lowest BCUT2D eigenvalue weighted by Gasteiger charge is -2.22. The van der Waals surface area contributed by atoms with Gasteiger partial charge in [0.25, 0.3) is 5.91 Å². The Hall–Kier alpha value is -2.64. The molecule has 8 heteroatoms. The van der Waals surface area contributed by atoms with Gasteiger partial charge in [0.2, 0.25) is 0 Å². The smallest absolute Gasteiger partial charge is 0.355 e. The lowest BCUT2D eigenvalue weighted by atomic mass is 9.96. The largest absolute Gasteiger partial charge is 0.451 e. The van der Waals surface area contributed by atoms with Crippen LogP contribution in [0.5, 0.6) is 0 Å². The number of rotatable bonds is 5. The molecule has 3 amide bonds. The molecule has 0 saturated heterocycles. The minimum Gasteiger partial charge on any atom is -0.451 e. The number of amides is 3. The number of carbonyl (C=O) groups excluding carboxylic acids is 4. The van der Waals surface area contributed by atoms with Crippen molar-refractivity contribution >= 4 is 23.7 Å². The first-order valence-electron chi connectivity index (χ1n) is 8.77. The Bertz CT molecular complexity index is 717. The van der Waals surface area contributed by atoms with Crippen LogP contribution in [-0.2, 0) is 9.53 Å². The van der Waals surface area contributed by atoms with E-state index in [1.54, 1.807) is 13.8 Å². The molecule has 8 nitrogen and oxygen atoms in total. The van der Waals surface area contributed by atoms with Crippen molar-refractivity contribution in [2.45, 2.75) is 58.9 Å². The molecular weight excluding hydrogens is 338 g/mol. The van der Waals surface area contributed by atoms with Gasteiger partial charge in [-0.15, -0.1) is 0 Å². The van der Waals surface area contributed by atoms with Crippen LogP contribution in [-0.4, -0.2) is 41.3 Å². The number of ether oxygens (including phenoxy) is 1. The van der Waals surface area contributed by atoms with E-state index in [0.717, 1.165) is 32.1 Å². The van der Waals surface area contributed by atoms with Gasteiger partial charge >= 0.3 is 12.0 Å². The SMILES string of the molecule is CC(=O)c1c(C)[nH]c(C(=O)OCC(=O)NC(=O)NC2CCCCC2)c1C. The molecule has 0 spiro atoms. The number of H-pyrrole nitrogens is 1. The van der Waals surface area contributed by atoms with Gasteiger partial charge in [0.05, 0.1) is 0 Å². The molecule has 0 bridgehead atoms. The maximum Gasteiger partial charge on any atom is 0.355 e. The third-order valence-corrected chi connectivity index (χ3v) is 4.52. The van der Waals surface area contributed by atoms with E-state index >= 15 is 0 Å². The average Bonchev–Trinajstić information content (AvgIpc) is 2.88. The Morgan fingerprint density at radius 2 is 1.77 bits per heavy atom. The maximum absolute atomic E-state index is 12.1. The van der Waals surface area contributed by atoms with Gasteiger partial charge in [0.15, 0.2) is 12.4 Å². The number of aryl methyl sites for hydroxylation is 1. The van der Waals surface area contributed by atoms with Gasteiger partial charge in [-0.3, -0.25) is 14.9 Å². The fraction of sp³-hybridized carbons (Fsp3) is 0.556. The lowest BCUT2D eigenvalue weighted by molar-refractivity contribution is -0.123. The number of hydrogen-bond donors (Lipinski definition) is 3. The molecule has 0 aliphatic heterocycles. The van der Waals surface area contributed by atoms with Crippen LogP contribution in [0.2, 0.25) is 0 Å². The van der Waals surface area contributed by atoms with E-state index in [4.69, 9.17) is 4.74 Å². The zero-order chi connectivity index (χ0) is 19.3. The first-order valence-corrected chi connectivity index (χ1v) is 8.77. The van der Waals surface area contributed by atoms with E-state index in [2.05, 4.69) is 15.6 Å². The predicted octanol–water partition coefficient (Wildman–Crippen LogP) is 2.15. The number of aromatic amines is 1. The number of aromatic nitrogens is 1. The lowest BCUT2D eigenvalue weighted by Crippen LogP contribution is -2.46. The van der Waals surface area contributed by atoms with E-state index < -0.39 is 24.5 Å². The molecule has 0 unspecified atom stereocenters. The molecule has 1 aromatic heterocycles. The molecule has 1 aliphatic carbocycles. The van der Waals surface area contributed by atoms with Crippen molar-refractivity contribution in [3.63, 3.8) is 0 Å². The highest BCUT2D eigenvalue weighted by Gasteiger charge is 2.22. The van der Waals surface area contributed by atoms with Gasteiger partial charge in [-0.2, -0.15) is 0 Å². The summed E-state index contributed by atoms with van der Waals surface area (Å²) in [5.41, 5.74) is 1.62. The van der Waals surface area contributed by atoms with Crippen molar-refractivity contribution in [3.05, 3.63) is 22.5 Å². The van der Waals surface area contributed by atoms with Crippen molar-refractivity contribution in [2.75, 3.05) is 6.61 Å². The molecule has 0 radical (unpaired) electrons. The van der Waals surface area contributed by atoms with Crippen LogP contribution in [0.1, 0.15) is 71.1 Å². The summed E-state index contributed by atoms with van der Waals surface area (Å²) < 4.78 is 4.94. The highest BCUT2D eigenvalue weighted by atomic mass is 16.5. The highest BCUT2D eigenvalue weighted by Crippen LogP contribution is 2.19. The Labute approximate surface area is 152 Å². The molecular formula is C18H25N3O5. The highest BCUT2D eigenvalue weighted by molar-refractivity contribution is 6.02. The molecule has 1 heterocycles. The zero-order valence-electron chi connectivity index (χ0n) is 15.4. The van der Waals surface area contributed by atoms with Gasteiger partial charge in [0, 0.05) is 17.3 Å². The standard InChI is InChI=1S/C18H25N3O5/c1-10-15(12(3)22)11(2)19-16(10)17(24)26-9-14(23)21-18(25)20-13-7-5-4-6-8-13/h13,19H,4-9H2,1-3H3,(H2,20,21,23,25). The van der Waals surface area contributed by atoms with Gasteiger partial charge in [-0.1, -0.05) is 19.3 Å². The Kier molecular flexibility index (Phi) is 6.54. The van der Waals surface area contributed by atoms with Crippen molar-refractivity contribution in [2.24, 2.45) is 0 Å². The van der Waals surface area contributed by atoms with Gasteiger partial charge in [-0.25, -0.2) is 9.59 Å². The number of hydrogen-bond acceptors (Lipinski definition) is 5. The summed E-state index contributed by atoms with van der Waals surface area (Å²) in [5.74, 6) is -1.62. The summed E-state index contributed by atoms with van der Waals surface area (Å²) in [5, 5.41) is 4.90. The average molecular weight is 363 g/mol. The molecule has 2 rings (SSSR count). The minimum atomic E-state index is -0.749. The molecule has 1 saturated carbocycles. The van der Waals surface area contributed by atoms with Gasteiger partial charge < -0.3 is 15.0 Å². The Morgan fingerprint density at radius 3 is 2.35 bits per heavy atom. The third-order valence-electron chi connectivity index (χ3n) is 4.52. The van der Waals surface area contributed by atoms with E-state index in [9.17, 15) is 19.2 Å². The van der Waals surface area contributed by atoms with Crippen LogP contribution >= 0.6 is 0 Å². The van der Waals surface area contributed by atoms with Crippen LogP contribution in [0.3, 0.4) is 0 Å². The second-order valence-corrected chi connectivity index (χ2v) is 6.61. The fourth-order valence-corrected chi connectivity index (χ4v) is 3.32. The number of imide groups is 1. The van der Waals surface area contributed by atoms with Crippen LogP contribution < -0.4 is 10.6 Å². The number of carbonyl (C=O) groups is 4. The van der Waals surface area contributed by atoms with Gasteiger partial charge in [-0.05, 0) is 39.2 Å². The Morgan fingerprint density at radius 1 is 1.12 bits per heavy atom. The molecule has 0 atom stereocenters. The summed E-state index contributed by atoms with van der Waals surface area (Å²) in [6.45, 7) is 4.15. The minimum absolute atomic E-state index is 0.0774. The van der Waals surface area contributed by atoms with E-state index in [0.29, 0.717) is 16.8 Å². The summed E-state index contributed by atoms with van der Waals surface area (Å²) in [6.07, 6.45) is 5.10. The fourth-order valence-electron chi connectivity index (χ4n) is 3.32. The molecule has 1 aliphatic rings. The summed E-state index contributed by atoms with van der Waals surface area (Å²) in [4.78, 5) is 50.1. The summed E-state index contributed by atoms with van der Waals surface area (Å²) >= 11 is 0. The molecule has 0 aromatic carbocycles. The molecule has 142 valence electrons. The van der Waals surface area contributed by atoms with E-state index in [-0.39, 0.29) is 17.5 Å². The van der Waals surface area contributed by atoms with Crippen LogP contribution in [0.4, 0.5) is 4.79 Å². The van der Waals surface area contributed by atoms with Crippen LogP contribution in [0.15, 0.2) is 0 Å². The topological polar surface area (TPSA) is 117 Å². The third kappa shape index (κ3) is 4.93. The summed E-state index contributed by atoms with van der Waals surface area (Å²) in [7, 11) is 0. The van der Waals surface area contributed by atoms with Crippen LogP contribution in [0, 0.1) is 13.8 Å². The first kappa shape index (κ1) is 19.7. The molecule has 1 aromatic rings. The molecule has 3 N–H and O–H groups in total. The zero-order valence-corrected chi connectivity index (χ0v) is 15.4. The molecule has 26 heavy (non-hydrogen) atoms. The quantitative estimate of drug-likeness (QED) is 0.547. The van der Waals surface area contributed by atoms with Crippen molar-refractivity contribution in [1.29, 1.82) is 0 Å². The van der Waals surface area contributed by atoms with E-state index in [1.807, 2.05) is 0 Å². The van der Waals surface area contributed by atoms with Crippen molar-refractivity contribution < 1.29 is 23.9 Å². The van der Waals surface area contributed by atoms with Crippen molar-refractivity contribution in [1.82, 2.24) is 15.6 Å². The van der Waals surface area contributed by atoms with E-state index in [1.165, 1.54) is 6.92 Å². The number of nitrogens with one attached hydrogen (secondary N) is 3. The normalized spacial score (nSPS) is 14.6. The predicted molar refractivity (Wildman–Crippen MR) is 94.1 cm³/mol. The number of Topliss-reactive ketones (excluding diaryl/α,β-unsaturated/α-hetero) is 1. The van der Waals surface area contributed by atoms with Gasteiger partial charge in [0.1, 0.15) is 5.69 Å².